The van der Waals surface area contributed by atoms with Crippen molar-refractivity contribution in [1.82, 2.24) is 15.3 Å². The Labute approximate surface area is 110 Å². The van der Waals surface area contributed by atoms with Crippen molar-refractivity contribution in [3.63, 3.8) is 0 Å². The number of H-pyrrole nitrogens is 1. The largest absolute Gasteiger partial charge is 0.363 e. The average molecular weight is 286 g/mol. The van der Waals surface area contributed by atoms with Gasteiger partial charge < -0.3 is 10.3 Å². The molecule has 0 atom stereocenters. The average Bonchev–Trinajstić information content (AvgIpc) is 2.96. The lowest BCUT2D eigenvalue weighted by Crippen LogP contribution is -2.13. The second-order valence-corrected chi connectivity index (χ2v) is 6.16. The second-order valence-electron chi connectivity index (χ2n) is 3.58. The summed E-state index contributed by atoms with van der Waals surface area (Å²) in [5.74, 6) is 0. The van der Waals surface area contributed by atoms with Gasteiger partial charge in [0.2, 0.25) is 0 Å². The predicted octanol–water partition coefficient (Wildman–Crippen LogP) is 1.38. The quantitative estimate of drug-likeness (QED) is 0.748. The Balaban J connectivity index is 2.12. The lowest BCUT2D eigenvalue weighted by molar-refractivity contribution is 0.601. The van der Waals surface area contributed by atoms with Crippen LogP contribution in [0.15, 0.2) is 28.7 Å². The Hall–Kier alpha value is -1.38. The molecule has 2 rings (SSSR count). The maximum atomic E-state index is 12.0. The van der Waals surface area contributed by atoms with E-state index in [0.29, 0.717) is 11.7 Å². The van der Waals surface area contributed by atoms with Gasteiger partial charge in [-0.1, -0.05) is 6.92 Å². The van der Waals surface area contributed by atoms with E-state index in [2.05, 4.69) is 20.0 Å². The molecule has 18 heavy (non-hydrogen) atoms. The Morgan fingerprint density at radius 1 is 1.50 bits per heavy atom. The molecule has 0 aliphatic heterocycles. The van der Waals surface area contributed by atoms with E-state index in [4.69, 9.17) is 0 Å². The Kier molecular flexibility index (Phi) is 4.00. The maximum absolute atomic E-state index is 12.0. The van der Waals surface area contributed by atoms with Gasteiger partial charge in [0.05, 0.1) is 0 Å². The van der Waals surface area contributed by atoms with E-state index in [1.807, 2.05) is 6.92 Å². The summed E-state index contributed by atoms with van der Waals surface area (Å²) < 4.78 is 26.4. The summed E-state index contributed by atoms with van der Waals surface area (Å²) in [4.78, 5) is 7.03. The van der Waals surface area contributed by atoms with Gasteiger partial charge in [-0.05, 0) is 12.6 Å². The van der Waals surface area contributed by atoms with Gasteiger partial charge >= 0.3 is 0 Å². The minimum atomic E-state index is -3.55. The molecule has 0 bridgehead atoms. The van der Waals surface area contributed by atoms with Crippen LogP contribution < -0.4 is 10.0 Å². The van der Waals surface area contributed by atoms with E-state index in [-0.39, 0.29) is 4.90 Å². The van der Waals surface area contributed by atoms with Crippen molar-refractivity contribution in [2.24, 2.45) is 0 Å². The van der Waals surface area contributed by atoms with Gasteiger partial charge in [-0.2, -0.15) is 0 Å². The van der Waals surface area contributed by atoms with Gasteiger partial charge in [0.15, 0.2) is 5.13 Å². The van der Waals surface area contributed by atoms with Crippen LogP contribution in [0.2, 0.25) is 0 Å². The molecule has 0 radical (unpaired) electrons. The van der Waals surface area contributed by atoms with Gasteiger partial charge in [-0.3, -0.25) is 4.72 Å². The molecule has 0 fully saturated rings. The number of aromatic amines is 1. The van der Waals surface area contributed by atoms with Crippen LogP contribution in [0.4, 0.5) is 5.13 Å². The van der Waals surface area contributed by atoms with E-state index in [0.717, 1.165) is 12.2 Å². The third-order valence-corrected chi connectivity index (χ3v) is 4.38. The van der Waals surface area contributed by atoms with Gasteiger partial charge in [0.1, 0.15) is 4.90 Å². The fourth-order valence-electron chi connectivity index (χ4n) is 1.38. The summed E-state index contributed by atoms with van der Waals surface area (Å²) in [6, 6.07) is 1.61. The third kappa shape index (κ3) is 3.09. The summed E-state index contributed by atoms with van der Waals surface area (Å²) in [5, 5.41) is 5.20. The van der Waals surface area contributed by atoms with Crippen molar-refractivity contribution in [1.29, 1.82) is 0 Å². The lowest BCUT2D eigenvalue weighted by atomic mass is 10.4. The molecular weight excluding hydrogens is 272 g/mol. The van der Waals surface area contributed by atoms with Crippen LogP contribution in [0, 0.1) is 0 Å². The minimum Gasteiger partial charge on any atom is -0.363 e. The highest BCUT2D eigenvalue weighted by Crippen LogP contribution is 2.18. The van der Waals surface area contributed by atoms with Crippen LogP contribution in [-0.2, 0) is 16.6 Å². The molecule has 0 saturated heterocycles. The molecule has 0 saturated carbocycles. The Morgan fingerprint density at radius 2 is 2.33 bits per heavy atom. The fraction of sp³-hybridized carbons (Fsp3) is 0.300. The number of aromatic nitrogens is 2. The molecule has 0 spiro atoms. The molecule has 2 aromatic rings. The second kappa shape index (κ2) is 5.51. The number of thiazole rings is 1. The van der Waals surface area contributed by atoms with Crippen LogP contribution in [0.3, 0.4) is 0 Å². The van der Waals surface area contributed by atoms with Crippen LogP contribution in [-0.4, -0.2) is 24.9 Å². The number of sulfonamides is 1. The molecule has 0 unspecified atom stereocenters. The van der Waals surface area contributed by atoms with E-state index < -0.39 is 10.0 Å². The number of hydrogen-bond acceptors (Lipinski definition) is 5. The van der Waals surface area contributed by atoms with E-state index >= 15 is 0 Å². The molecule has 98 valence electrons. The van der Waals surface area contributed by atoms with Gasteiger partial charge in [0, 0.05) is 30.0 Å². The van der Waals surface area contributed by atoms with Crippen molar-refractivity contribution in [2.75, 3.05) is 11.3 Å². The van der Waals surface area contributed by atoms with Crippen molar-refractivity contribution in [3.05, 3.63) is 29.5 Å². The van der Waals surface area contributed by atoms with Crippen LogP contribution in [0.25, 0.3) is 0 Å². The zero-order chi connectivity index (χ0) is 13.0. The number of nitrogens with zero attached hydrogens (tertiary/aromatic N) is 1. The third-order valence-electron chi connectivity index (χ3n) is 2.25. The van der Waals surface area contributed by atoms with Crippen molar-refractivity contribution < 1.29 is 8.42 Å². The summed E-state index contributed by atoms with van der Waals surface area (Å²) in [5.41, 5.74) is 0.830. The fourth-order valence-corrected chi connectivity index (χ4v) is 3.19. The van der Waals surface area contributed by atoms with Crippen LogP contribution in [0.5, 0.6) is 0 Å². The zero-order valence-corrected chi connectivity index (χ0v) is 11.4. The first-order chi connectivity index (χ1) is 8.62. The van der Waals surface area contributed by atoms with E-state index in [1.165, 1.54) is 17.5 Å². The SMILES string of the molecule is CCNCc1cc(S(=O)(=O)Nc2nccs2)c[nH]1. The predicted molar refractivity (Wildman–Crippen MR) is 71.1 cm³/mol. The summed E-state index contributed by atoms with van der Waals surface area (Å²) in [6.45, 7) is 3.44. The normalized spacial score (nSPS) is 11.6. The van der Waals surface area contributed by atoms with Gasteiger partial charge in [0.25, 0.3) is 10.0 Å². The van der Waals surface area contributed by atoms with Crippen LogP contribution in [0.1, 0.15) is 12.6 Å². The van der Waals surface area contributed by atoms with Crippen molar-refractivity contribution in [3.8, 4) is 0 Å². The number of rotatable bonds is 6. The molecule has 2 heterocycles. The molecule has 0 amide bonds. The highest BCUT2D eigenvalue weighted by Gasteiger charge is 2.17. The van der Waals surface area contributed by atoms with Crippen LogP contribution >= 0.6 is 11.3 Å². The molecule has 0 aromatic carbocycles. The van der Waals surface area contributed by atoms with Gasteiger partial charge in [-0.15, -0.1) is 11.3 Å². The molecule has 8 heteroatoms. The van der Waals surface area contributed by atoms with Crippen molar-refractivity contribution in [2.45, 2.75) is 18.4 Å². The monoisotopic (exact) mass is 286 g/mol. The molecule has 0 aliphatic rings. The number of nitrogens with one attached hydrogen (secondary N) is 3. The smallest absolute Gasteiger partial charge is 0.265 e. The Bertz CT molecular complexity index is 589. The summed E-state index contributed by atoms with van der Waals surface area (Å²) in [6.07, 6.45) is 3.03. The Morgan fingerprint density at radius 3 is 3.00 bits per heavy atom. The number of anilines is 1. The first-order valence-corrected chi connectivity index (χ1v) is 7.78. The zero-order valence-electron chi connectivity index (χ0n) is 9.80. The molecule has 2 aromatic heterocycles. The topological polar surface area (TPSA) is 86.9 Å². The first kappa shape index (κ1) is 13.1. The van der Waals surface area contributed by atoms with E-state index in [9.17, 15) is 8.42 Å². The van der Waals surface area contributed by atoms with Gasteiger partial charge in [-0.25, -0.2) is 13.4 Å². The lowest BCUT2D eigenvalue weighted by Gasteiger charge is -2.01. The van der Waals surface area contributed by atoms with Crippen molar-refractivity contribution >= 4 is 26.5 Å². The maximum Gasteiger partial charge on any atom is 0.265 e. The molecule has 0 aliphatic carbocycles. The van der Waals surface area contributed by atoms with E-state index in [1.54, 1.807) is 17.6 Å². The molecule has 3 N–H and O–H groups in total. The standard InChI is InChI=1S/C10H14N4O2S2/c1-2-11-6-8-5-9(7-13-8)18(15,16)14-10-12-3-4-17-10/h3-5,7,11,13H,2,6H2,1H3,(H,12,14). The first-order valence-electron chi connectivity index (χ1n) is 5.42. The highest BCUT2D eigenvalue weighted by atomic mass is 32.2. The summed E-state index contributed by atoms with van der Waals surface area (Å²) >= 11 is 1.24. The molecular formula is C10H14N4O2S2. The highest BCUT2D eigenvalue weighted by molar-refractivity contribution is 7.93. The molecule has 6 nitrogen and oxygen atoms in total. The minimum absolute atomic E-state index is 0.214. The number of hydrogen-bond donors (Lipinski definition) is 3. The summed E-state index contributed by atoms with van der Waals surface area (Å²) in [7, 11) is -3.55.